The van der Waals surface area contributed by atoms with E-state index in [4.69, 9.17) is 5.73 Å². The van der Waals surface area contributed by atoms with Crippen molar-refractivity contribution in [2.75, 3.05) is 0 Å². The predicted molar refractivity (Wildman–Crippen MR) is 74.1 cm³/mol. The molecule has 3 rings (SSSR count). The summed E-state index contributed by atoms with van der Waals surface area (Å²) in [6.45, 7) is 1.94. The van der Waals surface area contributed by atoms with Gasteiger partial charge in [-0.15, -0.1) is 11.3 Å². The molecule has 1 nitrogen and oxygen atoms in total. The maximum Gasteiger partial charge on any atom is 0.123 e. The molecule has 94 valence electrons. The van der Waals surface area contributed by atoms with Crippen LogP contribution in [0.25, 0.3) is 10.4 Å². The van der Waals surface area contributed by atoms with Crippen molar-refractivity contribution in [1.29, 1.82) is 0 Å². The number of aryl methyl sites for hydroxylation is 1. The van der Waals surface area contributed by atoms with Gasteiger partial charge in [-0.05, 0) is 61.1 Å². The molecule has 1 unspecified atom stereocenters. The van der Waals surface area contributed by atoms with Crippen molar-refractivity contribution in [1.82, 2.24) is 0 Å². The van der Waals surface area contributed by atoms with E-state index in [0.717, 1.165) is 11.1 Å². The average molecular weight is 261 g/mol. The second-order valence-corrected chi connectivity index (χ2v) is 6.14. The summed E-state index contributed by atoms with van der Waals surface area (Å²) in [6, 6.07) is 9.35. The Morgan fingerprint density at radius 3 is 2.72 bits per heavy atom. The van der Waals surface area contributed by atoms with Gasteiger partial charge in [0.1, 0.15) is 5.82 Å². The fourth-order valence-corrected chi connectivity index (χ4v) is 3.46. The van der Waals surface area contributed by atoms with E-state index in [2.05, 4.69) is 12.1 Å². The third kappa shape index (κ3) is 2.20. The van der Waals surface area contributed by atoms with Crippen molar-refractivity contribution < 1.29 is 4.39 Å². The molecule has 18 heavy (non-hydrogen) atoms. The normalized spacial score (nSPS) is 16.8. The smallest absolute Gasteiger partial charge is 0.123 e. The fourth-order valence-electron chi connectivity index (χ4n) is 2.27. The average Bonchev–Trinajstić information content (AvgIpc) is 3.07. The number of nitrogens with two attached hydrogens (primary N) is 1. The van der Waals surface area contributed by atoms with E-state index >= 15 is 0 Å². The number of hydrogen-bond donors (Lipinski definition) is 1. The zero-order chi connectivity index (χ0) is 12.7. The third-order valence-electron chi connectivity index (χ3n) is 3.54. The van der Waals surface area contributed by atoms with Crippen molar-refractivity contribution in [2.24, 2.45) is 11.7 Å². The van der Waals surface area contributed by atoms with Gasteiger partial charge in [-0.1, -0.05) is 6.07 Å². The minimum atomic E-state index is -0.178. The van der Waals surface area contributed by atoms with E-state index in [1.165, 1.54) is 28.7 Å². The molecule has 0 spiro atoms. The van der Waals surface area contributed by atoms with Crippen LogP contribution in [0, 0.1) is 18.7 Å². The van der Waals surface area contributed by atoms with Gasteiger partial charge in [0.25, 0.3) is 0 Å². The summed E-state index contributed by atoms with van der Waals surface area (Å²) in [4.78, 5) is 2.43. The summed E-state index contributed by atoms with van der Waals surface area (Å²) < 4.78 is 13.1. The van der Waals surface area contributed by atoms with Crippen LogP contribution >= 0.6 is 11.3 Å². The number of benzene rings is 1. The standard InChI is InChI=1S/C15H16FNS/c1-9-8-11(16)4-5-12(9)13-6-7-14(18-13)15(17)10-2-3-10/h4-8,10,15H,2-3,17H2,1H3. The zero-order valence-electron chi connectivity index (χ0n) is 10.3. The maximum atomic E-state index is 13.1. The molecule has 1 saturated carbocycles. The van der Waals surface area contributed by atoms with E-state index in [0.29, 0.717) is 5.92 Å². The Hall–Kier alpha value is -1.19. The first kappa shape index (κ1) is 11.9. The van der Waals surface area contributed by atoms with E-state index in [-0.39, 0.29) is 11.9 Å². The van der Waals surface area contributed by atoms with Crippen molar-refractivity contribution in [3.05, 3.63) is 46.6 Å². The molecule has 1 heterocycles. The molecule has 1 aliphatic carbocycles. The lowest BCUT2D eigenvalue weighted by Crippen LogP contribution is -2.10. The van der Waals surface area contributed by atoms with E-state index in [9.17, 15) is 4.39 Å². The molecule has 1 aliphatic rings. The Labute approximate surface area is 110 Å². The zero-order valence-corrected chi connectivity index (χ0v) is 11.1. The molecule has 0 radical (unpaired) electrons. The highest BCUT2D eigenvalue weighted by molar-refractivity contribution is 7.15. The molecule has 2 N–H and O–H groups in total. The Balaban J connectivity index is 1.92. The van der Waals surface area contributed by atoms with Gasteiger partial charge in [0.15, 0.2) is 0 Å². The summed E-state index contributed by atoms with van der Waals surface area (Å²) >= 11 is 1.73. The summed E-state index contributed by atoms with van der Waals surface area (Å²) in [5.74, 6) is 0.494. The van der Waals surface area contributed by atoms with Crippen LogP contribution in [-0.2, 0) is 0 Å². The van der Waals surface area contributed by atoms with Gasteiger partial charge in [-0.3, -0.25) is 0 Å². The number of rotatable bonds is 3. The third-order valence-corrected chi connectivity index (χ3v) is 4.76. The van der Waals surface area contributed by atoms with Crippen molar-refractivity contribution in [3.63, 3.8) is 0 Å². The monoisotopic (exact) mass is 261 g/mol. The highest BCUT2D eigenvalue weighted by Crippen LogP contribution is 2.43. The van der Waals surface area contributed by atoms with Crippen LogP contribution in [0.15, 0.2) is 30.3 Å². The maximum absolute atomic E-state index is 13.1. The Morgan fingerprint density at radius 2 is 2.06 bits per heavy atom. The fraction of sp³-hybridized carbons (Fsp3) is 0.333. The molecule has 0 aliphatic heterocycles. The SMILES string of the molecule is Cc1cc(F)ccc1-c1ccc(C(N)C2CC2)s1. The molecular formula is C15H16FNS. The molecule has 0 saturated heterocycles. The summed E-state index contributed by atoms with van der Waals surface area (Å²) in [7, 11) is 0. The van der Waals surface area contributed by atoms with Crippen LogP contribution in [0.2, 0.25) is 0 Å². The van der Waals surface area contributed by atoms with E-state index in [1.54, 1.807) is 17.4 Å². The van der Waals surface area contributed by atoms with Crippen molar-refractivity contribution in [2.45, 2.75) is 25.8 Å². The molecule has 0 amide bonds. The summed E-state index contributed by atoms with van der Waals surface area (Å²) in [6.07, 6.45) is 2.51. The highest BCUT2D eigenvalue weighted by atomic mass is 32.1. The predicted octanol–water partition coefficient (Wildman–Crippen LogP) is 4.27. The van der Waals surface area contributed by atoms with Gasteiger partial charge >= 0.3 is 0 Å². The molecular weight excluding hydrogens is 245 g/mol. The lowest BCUT2D eigenvalue weighted by molar-refractivity contribution is 0.627. The second-order valence-electron chi connectivity index (χ2n) is 5.02. The molecule has 1 atom stereocenters. The minimum absolute atomic E-state index is 0.178. The Bertz CT molecular complexity index is 572. The molecule has 1 aromatic carbocycles. The lowest BCUT2D eigenvalue weighted by Gasteiger charge is -2.07. The Kier molecular flexibility index (Phi) is 2.96. The van der Waals surface area contributed by atoms with Gasteiger partial charge in [0.2, 0.25) is 0 Å². The molecule has 0 bridgehead atoms. The number of halogens is 1. The van der Waals surface area contributed by atoms with Gasteiger partial charge < -0.3 is 5.73 Å². The minimum Gasteiger partial charge on any atom is -0.323 e. The van der Waals surface area contributed by atoms with E-state index < -0.39 is 0 Å². The number of hydrogen-bond acceptors (Lipinski definition) is 2. The largest absolute Gasteiger partial charge is 0.323 e. The van der Waals surface area contributed by atoms with Crippen LogP contribution in [0.5, 0.6) is 0 Å². The van der Waals surface area contributed by atoms with Gasteiger partial charge in [0.05, 0.1) is 0 Å². The molecule has 1 fully saturated rings. The van der Waals surface area contributed by atoms with Gasteiger partial charge in [0, 0.05) is 15.8 Å². The first-order chi connectivity index (χ1) is 8.65. The van der Waals surface area contributed by atoms with Gasteiger partial charge in [-0.2, -0.15) is 0 Å². The molecule has 2 aromatic rings. The summed E-state index contributed by atoms with van der Waals surface area (Å²) in [5.41, 5.74) is 8.29. The topological polar surface area (TPSA) is 26.0 Å². The van der Waals surface area contributed by atoms with Crippen LogP contribution in [0.4, 0.5) is 4.39 Å². The van der Waals surface area contributed by atoms with Crippen LogP contribution < -0.4 is 5.73 Å². The van der Waals surface area contributed by atoms with Crippen LogP contribution in [0.3, 0.4) is 0 Å². The van der Waals surface area contributed by atoms with Gasteiger partial charge in [-0.25, -0.2) is 4.39 Å². The highest BCUT2D eigenvalue weighted by Gasteiger charge is 2.30. The van der Waals surface area contributed by atoms with Crippen LogP contribution in [-0.4, -0.2) is 0 Å². The van der Waals surface area contributed by atoms with E-state index in [1.807, 2.05) is 13.0 Å². The first-order valence-electron chi connectivity index (χ1n) is 6.27. The molecule has 1 aromatic heterocycles. The second kappa shape index (κ2) is 4.48. The van der Waals surface area contributed by atoms with Crippen molar-refractivity contribution >= 4 is 11.3 Å². The molecule has 3 heteroatoms. The summed E-state index contributed by atoms with van der Waals surface area (Å²) in [5, 5.41) is 0. The first-order valence-corrected chi connectivity index (χ1v) is 7.08. The van der Waals surface area contributed by atoms with Crippen molar-refractivity contribution in [3.8, 4) is 10.4 Å². The lowest BCUT2D eigenvalue weighted by atomic mass is 10.1. The quantitative estimate of drug-likeness (QED) is 0.877. The number of thiophene rings is 1. The van der Waals surface area contributed by atoms with Crippen LogP contribution in [0.1, 0.15) is 29.3 Å². The Morgan fingerprint density at radius 1 is 1.28 bits per heavy atom.